The van der Waals surface area contributed by atoms with E-state index in [2.05, 4.69) is 0 Å². The average Bonchev–Trinajstić information content (AvgIpc) is 2.81. The SMILES string of the molecule is COC1C[C@H](OCc2ccccc2)[C@@H](C(C)=O)O1. The summed E-state index contributed by atoms with van der Waals surface area (Å²) in [5.74, 6) is -0.0207. The molecule has 18 heavy (non-hydrogen) atoms. The smallest absolute Gasteiger partial charge is 0.161 e. The zero-order valence-electron chi connectivity index (χ0n) is 10.7. The van der Waals surface area contributed by atoms with Crippen LogP contribution in [0.1, 0.15) is 18.9 Å². The quantitative estimate of drug-likeness (QED) is 0.801. The van der Waals surface area contributed by atoms with E-state index in [1.54, 1.807) is 7.11 Å². The van der Waals surface area contributed by atoms with Gasteiger partial charge in [-0.05, 0) is 12.5 Å². The summed E-state index contributed by atoms with van der Waals surface area (Å²) >= 11 is 0. The lowest BCUT2D eigenvalue weighted by Gasteiger charge is -2.16. The van der Waals surface area contributed by atoms with E-state index in [9.17, 15) is 4.79 Å². The standard InChI is InChI=1S/C14H18O4/c1-10(15)14-12(8-13(16-2)18-14)17-9-11-6-4-3-5-7-11/h3-7,12-14H,8-9H2,1-2H3/t12-,13?,14+/m0/s1. The Morgan fingerprint density at radius 1 is 1.39 bits per heavy atom. The summed E-state index contributed by atoms with van der Waals surface area (Å²) in [6, 6.07) is 9.87. The molecule has 1 fully saturated rings. The third-order valence-electron chi connectivity index (χ3n) is 3.03. The molecule has 2 rings (SSSR count). The van der Waals surface area contributed by atoms with Gasteiger partial charge in [0.15, 0.2) is 12.1 Å². The molecule has 0 bridgehead atoms. The molecule has 4 heteroatoms. The first-order chi connectivity index (χ1) is 8.70. The summed E-state index contributed by atoms with van der Waals surface area (Å²) in [6.07, 6.45) is -0.501. The molecule has 4 nitrogen and oxygen atoms in total. The molecule has 0 N–H and O–H groups in total. The maximum absolute atomic E-state index is 11.5. The van der Waals surface area contributed by atoms with Crippen LogP contribution in [0.15, 0.2) is 30.3 Å². The minimum Gasteiger partial charge on any atom is -0.370 e. The van der Waals surface area contributed by atoms with Crippen LogP contribution in [0.2, 0.25) is 0 Å². The van der Waals surface area contributed by atoms with Gasteiger partial charge in [0.25, 0.3) is 0 Å². The Bertz CT molecular complexity index is 390. The predicted octanol–water partition coefficient (Wildman–Crippen LogP) is 1.92. The predicted molar refractivity (Wildman–Crippen MR) is 66.0 cm³/mol. The number of hydrogen-bond donors (Lipinski definition) is 0. The minimum atomic E-state index is -0.515. The number of hydrogen-bond acceptors (Lipinski definition) is 4. The lowest BCUT2D eigenvalue weighted by atomic mass is 10.1. The van der Waals surface area contributed by atoms with Gasteiger partial charge >= 0.3 is 0 Å². The van der Waals surface area contributed by atoms with Gasteiger partial charge in [-0.2, -0.15) is 0 Å². The van der Waals surface area contributed by atoms with Gasteiger partial charge in [0.2, 0.25) is 0 Å². The summed E-state index contributed by atoms with van der Waals surface area (Å²) in [7, 11) is 1.57. The van der Waals surface area contributed by atoms with Crippen molar-refractivity contribution in [3.8, 4) is 0 Å². The van der Waals surface area contributed by atoms with E-state index >= 15 is 0 Å². The van der Waals surface area contributed by atoms with E-state index in [1.807, 2.05) is 30.3 Å². The summed E-state index contributed by atoms with van der Waals surface area (Å²) < 4.78 is 16.4. The molecule has 1 saturated heterocycles. The molecule has 0 saturated carbocycles. The third-order valence-corrected chi connectivity index (χ3v) is 3.03. The summed E-state index contributed by atoms with van der Waals surface area (Å²) in [4.78, 5) is 11.5. The Morgan fingerprint density at radius 2 is 2.11 bits per heavy atom. The maximum Gasteiger partial charge on any atom is 0.161 e. The summed E-state index contributed by atoms with van der Waals surface area (Å²) in [6.45, 7) is 2.00. The highest BCUT2D eigenvalue weighted by Crippen LogP contribution is 2.25. The fraction of sp³-hybridized carbons (Fsp3) is 0.500. The van der Waals surface area contributed by atoms with Crippen molar-refractivity contribution in [2.24, 2.45) is 0 Å². The Hall–Kier alpha value is -1.23. The van der Waals surface area contributed by atoms with E-state index in [-0.39, 0.29) is 18.2 Å². The van der Waals surface area contributed by atoms with Gasteiger partial charge in [0, 0.05) is 13.5 Å². The van der Waals surface area contributed by atoms with Crippen LogP contribution in [0.5, 0.6) is 0 Å². The first kappa shape index (κ1) is 13.2. The fourth-order valence-corrected chi connectivity index (χ4v) is 2.06. The average molecular weight is 250 g/mol. The molecule has 1 heterocycles. The van der Waals surface area contributed by atoms with Crippen LogP contribution < -0.4 is 0 Å². The lowest BCUT2D eigenvalue weighted by Crippen LogP contribution is -2.30. The van der Waals surface area contributed by atoms with Crippen LogP contribution in [0.4, 0.5) is 0 Å². The number of rotatable bonds is 5. The fourth-order valence-electron chi connectivity index (χ4n) is 2.06. The molecule has 1 aromatic rings. The van der Waals surface area contributed by atoms with Gasteiger partial charge in [-0.1, -0.05) is 30.3 Å². The first-order valence-corrected chi connectivity index (χ1v) is 6.05. The highest BCUT2D eigenvalue weighted by atomic mass is 16.7. The number of ether oxygens (including phenoxy) is 3. The zero-order chi connectivity index (χ0) is 13.0. The highest BCUT2D eigenvalue weighted by molar-refractivity contribution is 5.81. The van der Waals surface area contributed by atoms with Gasteiger partial charge in [-0.3, -0.25) is 4.79 Å². The number of methoxy groups -OCH3 is 1. The van der Waals surface area contributed by atoms with Crippen LogP contribution in [-0.2, 0) is 25.6 Å². The Morgan fingerprint density at radius 3 is 2.72 bits per heavy atom. The Kier molecular flexibility index (Phi) is 4.47. The molecule has 0 aromatic heterocycles. The van der Waals surface area contributed by atoms with Crippen molar-refractivity contribution in [2.45, 2.75) is 38.4 Å². The number of carbonyl (C=O) groups excluding carboxylic acids is 1. The second kappa shape index (κ2) is 6.09. The molecule has 0 spiro atoms. The maximum atomic E-state index is 11.5. The highest BCUT2D eigenvalue weighted by Gasteiger charge is 2.38. The molecule has 1 unspecified atom stereocenters. The molecular weight excluding hydrogens is 232 g/mol. The monoisotopic (exact) mass is 250 g/mol. The van der Waals surface area contributed by atoms with E-state index in [1.165, 1.54) is 6.92 Å². The molecule has 0 aliphatic carbocycles. The van der Waals surface area contributed by atoms with Crippen LogP contribution in [0, 0.1) is 0 Å². The van der Waals surface area contributed by atoms with E-state index in [0.717, 1.165) is 5.56 Å². The Labute approximate surface area is 107 Å². The molecule has 98 valence electrons. The van der Waals surface area contributed by atoms with Crippen molar-refractivity contribution >= 4 is 5.78 Å². The normalized spacial score (nSPS) is 27.3. The van der Waals surface area contributed by atoms with Crippen molar-refractivity contribution in [3.05, 3.63) is 35.9 Å². The summed E-state index contributed by atoms with van der Waals surface area (Å²) in [5.41, 5.74) is 1.08. The van der Waals surface area contributed by atoms with Gasteiger partial charge in [-0.15, -0.1) is 0 Å². The van der Waals surface area contributed by atoms with Crippen molar-refractivity contribution in [3.63, 3.8) is 0 Å². The number of ketones is 1. The molecule has 0 amide bonds. The largest absolute Gasteiger partial charge is 0.370 e. The number of benzene rings is 1. The number of carbonyl (C=O) groups is 1. The molecular formula is C14H18O4. The molecule has 3 atom stereocenters. The van der Waals surface area contributed by atoms with Crippen molar-refractivity contribution in [1.82, 2.24) is 0 Å². The second-order valence-electron chi connectivity index (χ2n) is 4.40. The summed E-state index contributed by atoms with van der Waals surface area (Å²) in [5, 5.41) is 0. The topological polar surface area (TPSA) is 44.8 Å². The van der Waals surface area contributed by atoms with Crippen molar-refractivity contribution in [1.29, 1.82) is 0 Å². The Balaban J connectivity index is 1.93. The lowest BCUT2D eigenvalue weighted by molar-refractivity contribution is -0.149. The molecule has 1 aliphatic rings. The van der Waals surface area contributed by atoms with Crippen LogP contribution in [-0.4, -0.2) is 31.4 Å². The second-order valence-corrected chi connectivity index (χ2v) is 4.40. The van der Waals surface area contributed by atoms with Gasteiger partial charge in [0.1, 0.15) is 6.10 Å². The van der Waals surface area contributed by atoms with E-state index < -0.39 is 6.10 Å². The van der Waals surface area contributed by atoms with Gasteiger partial charge < -0.3 is 14.2 Å². The van der Waals surface area contributed by atoms with Crippen LogP contribution in [0.25, 0.3) is 0 Å². The molecule has 0 radical (unpaired) electrons. The van der Waals surface area contributed by atoms with Crippen LogP contribution in [0.3, 0.4) is 0 Å². The van der Waals surface area contributed by atoms with Crippen molar-refractivity contribution < 1.29 is 19.0 Å². The first-order valence-electron chi connectivity index (χ1n) is 6.05. The van der Waals surface area contributed by atoms with E-state index in [4.69, 9.17) is 14.2 Å². The minimum absolute atomic E-state index is 0.0207. The van der Waals surface area contributed by atoms with Gasteiger partial charge in [-0.25, -0.2) is 0 Å². The van der Waals surface area contributed by atoms with E-state index in [0.29, 0.717) is 13.0 Å². The molecule has 1 aliphatic heterocycles. The van der Waals surface area contributed by atoms with Crippen molar-refractivity contribution in [2.75, 3.05) is 7.11 Å². The third kappa shape index (κ3) is 3.16. The van der Waals surface area contributed by atoms with Gasteiger partial charge in [0.05, 0.1) is 12.7 Å². The van der Waals surface area contributed by atoms with Crippen LogP contribution >= 0.6 is 0 Å². The number of Topliss-reactive ketones (excluding diaryl/α,β-unsaturated/α-hetero) is 1. The zero-order valence-corrected chi connectivity index (χ0v) is 10.7. The molecule has 1 aromatic carbocycles.